The van der Waals surface area contributed by atoms with Gasteiger partial charge in [0.1, 0.15) is 0 Å². The minimum atomic E-state index is 0.468. The molecule has 104 valence electrons. The molecule has 2 aromatic rings. The molecule has 20 heavy (non-hydrogen) atoms. The Morgan fingerprint density at radius 2 is 1.30 bits per heavy atom. The predicted octanol–water partition coefficient (Wildman–Crippen LogP) is 2.72. The van der Waals surface area contributed by atoms with Crippen LogP contribution in [-0.4, -0.2) is 37.6 Å². The maximum absolute atomic E-state index is 3.43. The molecule has 1 heterocycles. The third kappa shape index (κ3) is 3.27. The van der Waals surface area contributed by atoms with Crippen molar-refractivity contribution >= 4 is 0 Å². The average Bonchev–Trinajstić information content (AvgIpc) is 2.55. The fourth-order valence-electron chi connectivity index (χ4n) is 2.93. The molecule has 0 aliphatic carbocycles. The molecule has 1 aliphatic heterocycles. The number of hydrogen-bond acceptors (Lipinski definition) is 2. The highest BCUT2D eigenvalue weighted by atomic mass is 15.2. The van der Waals surface area contributed by atoms with Crippen LogP contribution in [0.5, 0.6) is 0 Å². The molecule has 1 aliphatic rings. The van der Waals surface area contributed by atoms with Crippen molar-refractivity contribution in [3.63, 3.8) is 0 Å². The maximum Gasteiger partial charge on any atom is 0.0217 e. The third-order valence-electron chi connectivity index (χ3n) is 4.05. The summed E-state index contributed by atoms with van der Waals surface area (Å²) in [6.45, 7) is 5.62. The van der Waals surface area contributed by atoms with Gasteiger partial charge in [-0.1, -0.05) is 60.7 Å². The minimum absolute atomic E-state index is 0.468. The molecule has 1 saturated heterocycles. The van der Waals surface area contributed by atoms with Crippen LogP contribution >= 0.6 is 0 Å². The molecule has 0 amide bonds. The summed E-state index contributed by atoms with van der Waals surface area (Å²) in [6.07, 6.45) is 0. The van der Waals surface area contributed by atoms with Gasteiger partial charge in [-0.15, -0.1) is 0 Å². The van der Waals surface area contributed by atoms with Crippen LogP contribution in [0.4, 0.5) is 0 Å². The Bertz CT molecular complexity index is 464. The topological polar surface area (TPSA) is 15.3 Å². The molecule has 0 aromatic heterocycles. The van der Waals surface area contributed by atoms with Crippen LogP contribution in [-0.2, 0) is 0 Å². The van der Waals surface area contributed by atoms with Gasteiger partial charge in [-0.2, -0.15) is 0 Å². The first kappa shape index (κ1) is 13.3. The highest BCUT2D eigenvalue weighted by molar-refractivity contribution is 5.32. The van der Waals surface area contributed by atoms with E-state index in [2.05, 4.69) is 70.9 Å². The van der Waals surface area contributed by atoms with Gasteiger partial charge in [0.05, 0.1) is 0 Å². The summed E-state index contributed by atoms with van der Waals surface area (Å²) in [5.41, 5.74) is 2.83. The lowest BCUT2D eigenvalue weighted by atomic mass is 9.90. The van der Waals surface area contributed by atoms with E-state index < -0.39 is 0 Å². The van der Waals surface area contributed by atoms with E-state index in [1.807, 2.05) is 0 Å². The fourth-order valence-corrected chi connectivity index (χ4v) is 2.93. The van der Waals surface area contributed by atoms with Crippen molar-refractivity contribution in [1.82, 2.24) is 10.2 Å². The van der Waals surface area contributed by atoms with Crippen molar-refractivity contribution < 1.29 is 0 Å². The van der Waals surface area contributed by atoms with Gasteiger partial charge in [-0.25, -0.2) is 0 Å². The summed E-state index contributed by atoms with van der Waals surface area (Å²) in [7, 11) is 0. The number of nitrogens with one attached hydrogen (secondary N) is 1. The first-order valence-electron chi connectivity index (χ1n) is 7.46. The molecule has 0 saturated carbocycles. The Labute approximate surface area is 121 Å². The second-order valence-electron chi connectivity index (χ2n) is 5.42. The van der Waals surface area contributed by atoms with Gasteiger partial charge in [0, 0.05) is 38.6 Å². The average molecular weight is 266 g/mol. The lowest BCUT2D eigenvalue weighted by Gasteiger charge is -2.31. The number of benzene rings is 2. The van der Waals surface area contributed by atoms with Gasteiger partial charge < -0.3 is 5.32 Å². The second kappa shape index (κ2) is 6.69. The first-order chi connectivity index (χ1) is 9.93. The lowest BCUT2D eigenvalue weighted by Crippen LogP contribution is -2.45. The van der Waals surface area contributed by atoms with Crippen LogP contribution in [0.3, 0.4) is 0 Å². The van der Waals surface area contributed by atoms with E-state index >= 15 is 0 Å². The molecule has 1 fully saturated rings. The minimum Gasteiger partial charge on any atom is -0.314 e. The van der Waals surface area contributed by atoms with Crippen LogP contribution in [0, 0.1) is 0 Å². The van der Waals surface area contributed by atoms with Crippen LogP contribution in [0.2, 0.25) is 0 Å². The highest BCUT2D eigenvalue weighted by Crippen LogP contribution is 2.25. The summed E-state index contributed by atoms with van der Waals surface area (Å²) in [6, 6.07) is 21.8. The molecule has 2 heteroatoms. The molecular weight excluding hydrogens is 244 g/mol. The maximum atomic E-state index is 3.43. The van der Waals surface area contributed by atoms with E-state index in [-0.39, 0.29) is 0 Å². The zero-order valence-electron chi connectivity index (χ0n) is 11.8. The summed E-state index contributed by atoms with van der Waals surface area (Å²) >= 11 is 0. The number of hydrogen-bond donors (Lipinski definition) is 1. The van der Waals surface area contributed by atoms with Crippen molar-refractivity contribution in [2.24, 2.45) is 0 Å². The standard InChI is InChI=1S/C18H22N2/c1-3-7-16(8-4-1)18(17-9-5-2-6-10-17)15-20-13-11-19-12-14-20/h1-10,18-19H,11-15H2. The zero-order chi connectivity index (χ0) is 13.6. The molecular formula is C18H22N2. The summed E-state index contributed by atoms with van der Waals surface area (Å²) < 4.78 is 0. The van der Waals surface area contributed by atoms with Crippen molar-refractivity contribution in [2.75, 3.05) is 32.7 Å². The number of nitrogens with zero attached hydrogens (tertiary/aromatic N) is 1. The van der Waals surface area contributed by atoms with E-state index in [9.17, 15) is 0 Å². The normalized spacial score (nSPS) is 16.4. The number of rotatable bonds is 4. The molecule has 0 unspecified atom stereocenters. The SMILES string of the molecule is c1ccc(C(CN2CCNCC2)c2ccccc2)cc1. The predicted molar refractivity (Wildman–Crippen MR) is 84.0 cm³/mol. The molecule has 1 N–H and O–H groups in total. The Balaban J connectivity index is 1.83. The van der Waals surface area contributed by atoms with E-state index in [0.29, 0.717) is 5.92 Å². The Kier molecular flexibility index (Phi) is 4.46. The second-order valence-corrected chi connectivity index (χ2v) is 5.42. The fraction of sp³-hybridized carbons (Fsp3) is 0.333. The van der Waals surface area contributed by atoms with Gasteiger partial charge in [-0.3, -0.25) is 4.90 Å². The van der Waals surface area contributed by atoms with Gasteiger partial charge in [0.15, 0.2) is 0 Å². The molecule has 2 nitrogen and oxygen atoms in total. The van der Waals surface area contributed by atoms with E-state index in [0.717, 1.165) is 32.7 Å². The molecule has 0 spiro atoms. The van der Waals surface area contributed by atoms with E-state index in [1.165, 1.54) is 11.1 Å². The van der Waals surface area contributed by atoms with Gasteiger partial charge in [0.2, 0.25) is 0 Å². The highest BCUT2D eigenvalue weighted by Gasteiger charge is 2.19. The lowest BCUT2D eigenvalue weighted by molar-refractivity contribution is 0.234. The van der Waals surface area contributed by atoms with Crippen LogP contribution < -0.4 is 5.32 Å². The van der Waals surface area contributed by atoms with E-state index in [1.54, 1.807) is 0 Å². The van der Waals surface area contributed by atoms with Crippen LogP contribution in [0.1, 0.15) is 17.0 Å². The summed E-state index contributed by atoms with van der Waals surface area (Å²) in [5.74, 6) is 0.468. The van der Waals surface area contributed by atoms with Crippen molar-refractivity contribution in [3.8, 4) is 0 Å². The molecule has 0 radical (unpaired) electrons. The molecule has 0 bridgehead atoms. The number of piperazine rings is 1. The summed E-state index contributed by atoms with van der Waals surface area (Å²) in [5, 5.41) is 3.43. The van der Waals surface area contributed by atoms with Crippen LogP contribution in [0.25, 0.3) is 0 Å². The Morgan fingerprint density at radius 1 is 0.800 bits per heavy atom. The third-order valence-corrected chi connectivity index (χ3v) is 4.05. The van der Waals surface area contributed by atoms with Gasteiger partial charge in [0.25, 0.3) is 0 Å². The largest absolute Gasteiger partial charge is 0.314 e. The van der Waals surface area contributed by atoms with E-state index in [4.69, 9.17) is 0 Å². The van der Waals surface area contributed by atoms with Crippen molar-refractivity contribution in [3.05, 3.63) is 71.8 Å². The van der Waals surface area contributed by atoms with Gasteiger partial charge >= 0.3 is 0 Å². The van der Waals surface area contributed by atoms with Crippen molar-refractivity contribution in [2.45, 2.75) is 5.92 Å². The molecule has 2 aromatic carbocycles. The first-order valence-corrected chi connectivity index (χ1v) is 7.46. The Hall–Kier alpha value is -1.64. The smallest absolute Gasteiger partial charge is 0.0217 e. The summed E-state index contributed by atoms with van der Waals surface area (Å²) in [4.78, 5) is 2.57. The molecule has 0 atom stereocenters. The molecule has 3 rings (SSSR count). The monoisotopic (exact) mass is 266 g/mol. The van der Waals surface area contributed by atoms with Crippen molar-refractivity contribution in [1.29, 1.82) is 0 Å². The van der Waals surface area contributed by atoms with Crippen LogP contribution in [0.15, 0.2) is 60.7 Å². The quantitative estimate of drug-likeness (QED) is 0.915. The Morgan fingerprint density at radius 3 is 1.80 bits per heavy atom. The zero-order valence-corrected chi connectivity index (χ0v) is 11.8. The van der Waals surface area contributed by atoms with Gasteiger partial charge in [-0.05, 0) is 11.1 Å².